The van der Waals surface area contributed by atoms with Crippen LogP contribution >= 0.6 is 11.3 Å². The molecule has 7 heteroatoms. The summed E-state index contributed by atoms with van der Waals surface area (Å²) >= 11 is 1.50. The minimum atomic E-state index is -0.405. The van der Waals surface area contributed by atoms with Gasteiger partial charge in [0.05, 0.1) is 11.0 Å². The minimum absolute atomic E-state index is 0.252. The van der Waals surface area contributed by atoms with Crippen LogP contribution in [0.15, 0.2) is 65.0 Å². The summed E-state index contributed by atoms with van der Waals surface area (Å²) in [4.78, 5) is 10.0. The molecule has 0 fully saturated rings. The molecule has 5 nitrogen and oxygen atoms in total. The van der Waals surface area contributed by atoms with Crippen LogP contribution in [-0.2, 0) is 0 Å². The van der Waals surface area contributed by atoms with E-state index in [0.717, 1.165) is 21.5 Å². The summed E-state index contributed by atoms with van der Waals surface area (Å²) in [6.07, 6.45) is -0.405. The highest BCUT2D eigenvalue weighted by Crippen LogP contribution is 2.35. The molecule has 5 rings (SSSR count). The first-order valence-corrected chi connectivity index (χ1v) is 8.99. The number of halogens is 1. The number of benzene rings is 2. The van der Waals surface area contributed by atoms with Crippen molar-refractivity contribution in [1.82, 2.24) is 9.55 Å². The normalized spacial score (nSPS) is 16.2. The van der Waals surface area contributed by atoms with Gasteiger partial charge in [-0.25, -0.2) is 14.4 Å². The van der Waals surface area contributed by atoms with Gasteiger partial charge in [-0.05, 0) is 41.3 Å². The molecule has 0 saturated heterocycles. The van der Waals surface area contributed by atoms with Crippen LogP contribution in [0.2, 0.25) is 0 Å². The number of hydrogen-bond donors (Lipinski definition) is 2. The van der Waals surface area contributed by atoms with Gasteiger partial charge in [-0.1, -0.05) is 24.3 Å². The molecule has 26 heavy (non-hydrogen) atoms. The van der Waals surface area contributed by atoms with Gasteiger partial charge in [0.2, 0.25) is 5.95 Å². The molecule has 1 aliphatic rings. The van der Waals surface area contributed by atoms with Crippen molar-refractivity contribution < 1.29 is 4.39 Å². The van der Waals surface area contributed by atoms with Gasteiger partial charge in [0, 0.05) is 10.4 Å². The molecule has 0 unspecified atom stereocenters. The highest BCUT2D eigenvalue weighted by atomic mass is 32.1. The number of guanidine groups is 1. The van der Waals surface area contributed by atoms with Crippen LogP contribution in [0.3, 0.4) is 0 Å². The first-order valence-electron chi connectivity index (χ1n) is 8.11. The molecular weight excluding hydrogens is 349 g/mol. The predicted molar refractivity (Wildman–Crippen MR) is 103 cm³/mol. The number of hydrogen-bond acceptors (Lipinski definition) is 5. The Morgan fingerprint density at radius 2 is 2.00 bits per heavy atom. The van der Waals surface area contributed by atoms with Crippen molar-refractivity contribution in [2.45, 2.75) is 6.17 Å². The predicted octanol–water partition coefficient (Wildman–Crippen LogP) is 4.19. The van der Waals surface area contributed by atoms with E-state index in [1.165, 1.54) is 17.4 Å². The second-order valence-corrected chi connectivity index (χ2v) is 6.97. The summed E-state index contributed by atoms with van der Waals surface area (Å²) < 4.78 is 16.4. The zero-order chi connectivity index (χ0) is 17.7. The average Bonchev–Trinajstić information content (AvgIpc) is 3.28. The minimum Gasteiger partial charge on any atom is -0.370 e. The molecular formula is C19H14FN5S. The van der Waals surface area contributed by atoms with Crippen LogP contribution in [0.25, 0.3) is 21.5 Å². The van der Waals surface area contributed by atoms with Gasteiger partial charge >= 0.3 is 0 Å². The van der Waals surface area contributed by atoms with Crippen molar-refractivity contribution >= 4 is 34.3 Å². The zero-order valence-electron chi connectivity index (χ0n) is 13.6. The van der Waals surface area contributed by atoms with Gasteiger partial charge in [0.1, 0.15) is 5.82 Å². The molecule has 1 atom stereocenters. The lowest BCUT2D eigenvalue weighted by Crippen LogP contribution is -2.31. The third-order valence-electron chi connectivity index (χ3n) is 4.42. The smallest absolute Gasteiger partial charge is 0.212 e. The van der Waals surface area contributed by atoms with Crippen molar-refractivity contribution in [2.24, 2.45) is 10.7 Å². The molecule has 0 radical (unpaired) electrons. The first kappa shape index (κ1) is 15.1. The Bertz CT molecular complexity index is 1150. The summed E-state index contributed by atoms with van der Waals surface area (Å²) in [6, 6.07) is 16.7. The molecule has 3 N–H and O–H groups in total. The van der Waals surface area contributed by atoms with E-state index in [4.69, 9.17) is 5.73 Å². The average molecular weight is 363 g/mol. The van der Waals surface area contributed by atoms with Gasteiger partial charge in [0.25, 0.3) is 0 Å². The van der Waals surface area contributed by atoms with E-state index < -0.39 is 6.17 Å². The quantitative estimate of drug-likeness (QED) is 0.561. The molecule has 1 aliphatic heterocycles. The number of rotatable bonds is 2. The maximum absolute atomic E-state index is 14.4. The van der Waals surface area contributed by atoms with E-state index in [9.17, 15) is 4.39 Å². The number of nitrogens with two attached hydrogens (primary N) is 1. The number of nitrogens with zero attached hydrogens (tertiary/aromatic N) is 3. The topological polar surface area (TPSA) is 68.2 Å². The van der Waals surface area contributed by atoms with E-state index >= 15 is 0 Å². The van der Waals surface area contributed by atoms with Crippen molar-refractivity contribution in [3.63, 3.8) is 0 Å². The fourth-order valence-electron chi connectivity index (χ4n) is 3.26. The molecule has 128 valence electrons. The second kappa shape index (κ2) is 5.67. The number of para-hydroxylation sites is 2. The van der Waals surface area contributed by atoms with Crippen LogP contribution < -0.4 is 11.1 Å². The highest BCUT2D eigenvalue weighted by molar-refractivity contribution is 7.13. The van der Waals surface area contributed by atoms with Crippen molar-refractivity contribution in [3.05, 3.63) is 71.4 Å². The molecule has 2 aromatic carbocycles. The molecule has 0 aliphatic carbocycles. The SMILES string of the molecule is NC1=N[C@@H](c2ccc(F)c(-c3cccs3)c2)n2c(nc3ccccc32)N1. The van der Waals surface area contributed by atoms with Crippen molar-refractivity contribution in [1.29, 1.82) is 0 Å². The van der Waals surface area contributed by atoms with Crippen molar-refractivity contribution in [3.8, 4) is 10.4 Å². The van der Waals surface area contributed by atoms with Gasteiger partial charge in [-0.15, -0.1) is 11.3 Å². The Hall–Kier alpha value is -3.19. The number of fused-ring (bicyclic) bond motifs is 3. The number of aliphatic imine (C=N–C) groups is 1. The van der Waals surface area contributed by atoms with Gasteiger partial charge in [0.15, 0.2) is 12.1 Å². The van der Waals surface area contributed by atoms with E-state index in [0.29, 0.717) is 17.5 Å². The second-order valence-electron chi connectivity index (χ2n) is 6.02. The monoisotopic (exact) mass is 363 g/mol. The van der Waals surface area contributed by atoms with E-state index in [-0.39, 0.29) is 5.82 Å². The Balaban J connectivity index is 1.71. The third kappa shape index (κ3) is 2.28. The molecule has 0 spiro atoms. The van der Waals surface area contributed by atoms with Crippen LogP contribution in [0.1, 0.15) is 11.7 Å². The fourth-order valence-corrected chi connectivity index (χ4v) is 4.01. The fraction of sp³-hybridized carbons (Fsp3) is 0.0526. The van der Waals surface area contributed by atoms with E-state index in [2.05, 4.69) is 15.3 Å². The lowest BCUT2D eigenvalue weighted by Gasteiger charge is -2.24. The van der Waals surface area contributed by atoms with Gasteiger partial charge in [-0.2, -0.15) is 0 Å². The number of imidazole rings is 1. The van der Waals surface area contributed by atoms with E-state index in [1.807, 2.05) is 52.4 Å². The molecule has 4 aromatic rings. The summed E-state index contributed by atoms with van der Waals surface area (Å²) in [5, 5.41) is 4.94. The molecule has 0 bridgehead atoms. The van der Waals surface area contributed by atoms with E-state index in [1.54, 1.807) is 6.07 Å². The lowest BCUT2D eigenvalue weighted by molar-refractivity contribution is 0.612. The number of anilines is 1. The molecule has 3 heterocycles. The molecule has 0 saturated carbocycles. The van der Waals surface area contributed by atoms with Crippen LogP contribution in [0, 0.1) is 5.82 Å². The van der Waals surface area contributed by atoms with Crippen molar-refractivity contribution in [2.75, 3.05) is 5.32 Å². The third-order valence-corrected chi connectivity index (χ3v) is 5.32. The van der Waals surface area contributed by atoms with Crippen LogP contribution in [0.4, 0.5) is 10.3 Å². The number of nitrogens with one attached hydrogen (secondary N) is 1. The number of aromatic nitrogens is 2. The first-order chi connectivity index (χ1) is 12.7. The largest absolute Gasteiger partial charge is 0.370 e. The van der Waals surface area contributed by atoms with Crippen LogP contribution in [-0.4, -0.2) is 15.5 Å². The maximum atomic E-state index is 14.4. The summed E-state index contributed by atoms with van der Waals surface area (Å²) in [6.45, 7) is 0. The lowest BCUT2D eigenvalue weighted by atomic mass is 10.1. The van der Waals surface area contributed by atoms with Gasteiger partial charge in [-0.3, -0.25) is 9.88 Å². The number of thiophene rings is 1. The highest BCUT2D eigenvalue weighted by Gasteiger charge is 2.25. The Kier molecular flexibility index (Phi) is 3.29. The van der Waals surface area contributed by atoms with Gasteiger partial charge < -0.3 is 5.73 Å². The summed E-state index contributed by atoms with van der Waals surface area (Å²) in [5.74, 6) is 0.670. The molecule has 2 aromatic heterocycles. The Morgan fingerprint density at radius 1 is 1.12 bits per heavy atom. The Labute approximate surface area is 152 Å². The summed E-state index contributed by atoms with van der Waals surface area (Å²) in [7, 11) is 0. The Morgan fingerprint density at radius 3 is 2.85 bits per heavy atom. The van der Waals surface area contributed by atoms with Crippen LogP contribution in [0.5, 0.6) is 0 Å². The maximum Gasteiger partial charge on any atom is 0.212 e. The standard InChI is InChI=1S/C19H14FN5S/c20-13-8-7-11(10-12(13)16-6-3-9-26-16)17-23-18(21)24-19-22-14-4-1-2-5-15(14)25(17)19/h1-10,17H,(H3,21,22,23,24)/t17-/m1/s1. The zero-order valence-corrected chi connectivity index (χ0v) is 14.4. The summed E-state index contributed by atoms with van der Waals surface area (Å²) in [5.41, 5.74) is 9.19. The molecule has 0 amide bonds.